The second-order valence-electron chi connectivity index (χ2n) is 3.14. The van der Waals surface area contributed by atoms with Crippen LogP contribution in [0.2, 0.25) is 0 Å². The molecule has 1 aliphatic heterocycles. The number of nitrogens with one attached hydrogen (secondary N) is 1. The zero-order valence-corrected chi connectivity index (χ0v) is 8.88. The minimum Gasteiger partial charge on any atom is -0.378 e. The summed E-state index contributed by atoms with van der Waals surface area (Å²) >= 11 is 3.46. The van der Waals surface area contributed by atoms with E-state index in [0.717, 1.165) is 24.2 Å². The van der Waals surface area contributed by atoms with Crippen LogP contribution in [0.25, 0.3) is 0 Å². The summed E-state index contributed by atoms with van der Waals surface area (Å²) in [6, 6.07) is 8.69. The van der Waals surface area contributed by atoms with Crippen molar-refractivity contribution in [3.63, 3.8) is 0 Å². The summed E-state index contributed by atoms with van der Waals surface area (Å²) in [7, 11) is 0. The number of hydrogen-bond donors (Lipinski definition) is 1. The quantitative estimate of drug-likeness (QED) is 0.814. The van der Waals surface area contributed by atoms with E-state index in [1.54, 1.807) is 0 Å². The fraction of sp³-hybridized carbons (Fsp3) is 0.400. The van der Waals surface area contributed by atoms with E-state index in [0.29, 0.717) is 6.04 Å². The van der Waals surface area contributed by atoms with Crippen molar-refractivity contribution in [3.05, 3.63) is 34.3 Å². The molecule has 1 aromatic rings. The summed E-state index contributed by atoms with van der Waals surface area (Å²) in [5.74, 6) is 0. The highest BCUT2D eigenvalue weighted by molar-refractivity contribution is 9.10. The maximum Gasteiger partial charge on any atom is 0.0662 e. The van der Waals surface area contributed by atoms with Crippen LogP contribution < -0.4 is 5.32 Å². The molecule has 1 fully saturated rings. The van der Waals surface area contributed by atoms with Gasteiger partial charge >= 0.3 is 0 Å². The molecule has 0 spiro atoms. The highest BCUT2D eigenvalue weighted by atomic mass is 79.9. The standard InChI is InChI=1S/C10H12BrNO/c11-9-3-1-2-8(6-9)10-7-13-5-4-12-10/h1-3,6,10,12H,4-5,7H2/t10-/m1/s1. The Labute approximate surface area is 86.4 Å². The lowest BCUT2D eigenvalue weighted by molar-refractivity contribution is 0.0769. The first-order valence-electron chi connectivity index (χ1n) is 4.43. The van der Waals surface area contributed by atoms with Crippen LogP contribution in [0.5, 0.6) is 0 Å². The van der Waals surface area contributed by atoms with Crippen molar-refractivity contribution in [2.45, 2.75) is 6.04 Å². The monoisotopic (exact) mass is 241 g/mol. The van der Waals surface area contributed by atoms with E-state index < -0.39 is 0 Å². The van der Waals surface area contributed by atoms with Crippen molar-refractivity contribution in [2.75, 3.05) is 19.8 Å². The minimum absolute atomic E-state index is 0.353. The minimum atomic E-state index is 0.353. The predicted molar refractivity (Wildman–Crippen MR) is 55.7 cm³/mol. The molecule has 1 atom stereocenters. The normalized spacial score (nSPS) is 23.0. The second kappa shape index (κ2) is 4.22. The summed E-state index contributed by atoms with van der Waals surface area (Å²) in [4.78, 5) is 0. The Kier molecular flexibility index (Phi) is 2.98. The van der Waals surface area contributed by atoms with Crippen LogP contribution in [0.15, 0.2) is 28.7 Å². The van der Waals surface area contributed by atoms with Crippen LogP contribution >= 0.6 is 15.9 Å². The third-order valence-corrected chi connectivity index (χ3v) is 2.67. The van der Waals surface area contributed by atoms with Gasteiger partial charge in [0, 0.05) is 11.0 Å². The molecule has 3 heteroatoms. The van der Waals surface area contributed by atoms with Crippen LogP contribution in [0.3, 0.4) is 0 Å². The maximum absolute atomic E-state index is 5.40. The fourth-order valence-electron chi connectivity index (χ4n) is 1.50. The summed E-state index contributed by atoms with van der Waals surface area (Å²) in [5.41, 5.74) is 1.29. The SMILES string of the molecule is Brc1cccc([C@H]2COCCN2)c1. The van der Waals surface area contributed by atoms with E-state index in [1.807, 2.05) is 6.07 Å². The van der Waals surface area contributed by atoms with Crippen LogP contribution in [-0.2, 0) is 4.74 Å². The number of rotatable bonds is 1. The molecule has 2 rings (SSSR count). The highest BCUT2D eigenvalue weighted by Gasteiger charge is 2.14. The third-order valence-electron chi connectivity index (χ3n) is 2.17. The number of hydrogen-bond acceptors (Lipinski definition) is 2. The van der Waals surface area contributed by atoms with Crippen LogP contribution in [0.1, 0.15) is 11.6 Å². The van der Waals surface area contributed by atoms with Crippen molar-refractivity contribution in [3.8, 4) is 0 Å². The van der Waals surface area contributed by atoms with Gasteiger partial charge in [-0.25, -0.2) is 0 Å². The first kappa shape index (κ1) is 9.19. The van der Waals surface area contributed by atoms with Crippen molar-refractivity contribution in [2.24, 2.45) is 0 Å². The highest BCUT2D eigenvalue weighted by Crippen LogP contribution is 2.19. The molecule has 1 saturated heterocycles. The Balaban J connectivity index is 2.14. The summed E-state index contributed by atoms with van der Waals surface area (Å²) in [6.45, 7) is 2.54. The molecule has 0 saturated carbocycles. The van der Waals surface area contributed by atoms with Gasteiger partial charge < -0.3 is 10.1 Å². The summed E-state index contributed by atoms with van der Waals surface area (Å²) < 4.78 is 6.52. The van der Waals surface area contributed by atoms with Gasteiger partial charge in [0.25, 0.3) is 0 Å². The fourth-order valence-corrected chi connectivity index (χ4v) is 1.92. The molecule has 70 valence electrons. The van der Waals surface area contributed by atoms with Crippen molar-refractivity contribution in [1.29, 1.82) is 0 Å². The number of ether oxygens (including phenoxy) is 1. The Hall–Kier alpha value is -0.380. The van der Waals surface area contributed by atoms with E-state index in [4.69, 9.17) is 4.74 Å². The topological polar surface area (TPSA) is 21.3 Å². The summed E-state index contributed by atoms with van der Waals surface area (Å²) in [6.07, 6.45) is 0. The first-order valence-corrected chi connectivity index (χ1v) is 5.22. The molecule has 0 bridgehead atoms. The number of halogens is 1. The lowest BCUT2D eigenvalue weighted by Crippen LogP contribution is -2.34. The molecule has 1 N–H and O–H groups in total. The third kappa shape index (κ3) is 2.30. The van der Waals surface area contributed by atoms with Crippen LogP contribution in [0.4, 0.5) is 0 Å². The molecule has 0 unspecified atom stereocenters. The van der Waals surface area contributed by atoms with Gasteiger partial charge in [-0.1, -0.05) is 28.1 Å². The average Bonchev–Trinajstić information content (AvgIpc) is 2.19. The van der Waals surface area contributed by atoms with Gasteiger partial charge in [-0.05, 0) is 17.7 Å². The van der Waals surface area contributed by atoms with Crippen molar-refractivity contribution in [1.82, 2.24) is 5.32 Å². The Bertz CT molecular complexity index is 284. The molecule has 0 aromatic heterocycles. The molecule has 2 nitrogen and oxygen atoms in total. The molecule has 0 radical (unpaired) electrons. The second-order valence-corrected chi connectivity index (χ2v) is 4.05. The van der Waals surface area contributed by atoms with Crippen LogP contribution in [0, 0.1) is 0 Å². The molecule has 1 heterocycles. The van der Waals surface area contributed by atoms with Gasteiger partial charge in [-0.3, -0.25) is 0 Å². The average molecular weight is 242 g/mol. The molecule has 0 amide bonds. The van der Waals surface area contributed by atoms with Gasteiger partial charge in [-0.2, -0.15) is 0 Å². The van der Waals surface area contributed by atoms with E-state index >= 15 is 0 Å². The van der Waals surface area contributed by atoms with Crippen molar-refractivity contribution >= 4 is 15.9 Å². The van der Waals surface area contributed by atoms with E-state index in [1.165, 1.54) is 5.56 Å². The first-order chi connectivity index (χ1) is 6.36. The predicted octanol–water partition coefficient (Wildman–Crippen LogP) is 2.11. The van der Waals surface area contributed by atoms with E-state index in [-0.39, 0.29) is 0 Å². The number of morpholine rings is 1. The Morgan fingerprint density at radius 2 is 2.38 bits per heavy atom. The van der Waals surface area contributed by atoms with Gasteiger partial charge in [-0.15, -0.1) is 0 Å². The van der Waals surface area contributed by atoms with E-state index in [2.05, 4.69) is 39.4 Å². The maximum atomic E-state index is 5.40. The lowest BCUT2D eigenvalue weighted by atomic mass is 10.1. The molecular weight excluding hydrogens is 230 g/mol. The summed E-state index contributed by atoms with van der Waals surface area (Å²) in [5, 5.41) is 3.42. The van der Waals surface area contributed by atoms with Gasteiger partial charge in [0.15, 0.2) is 0 Å². The van der Waals surface area contributed by atoms with Gasteiger partial charge in [0.05, 0.1) is 19.3 Å². The molecule has 13 heavy (non-hydrogen) atoms. The smallest absolute Gasteiger partial charge is 0.0662 e. The van der Waals surface area contributed by atoms with Gasteiger partial charge in [0.2, 0.25) is 0 Å². The molecular formula is C10H12BrNO. The van der Waals surface area contributed by atoms with E-state index in [9.17, 15) is 0 Å². The zero-order valence-electron chi connectivity index (χ0n) is 7.29. The molecule has 1 aliphatic rings. The van der Waals surface area contributed by atoms with Gasteiger partial charge in [0.1, 0.15) is 0 Å². The molecule has 1 aromatic carbocycles. The molecule has 0 aliphatic carbocycles. The lowest BCUT2D eigenvalue weighted by Gasteiger charge is -2.24. The van der Waals surface area contributed by atoms with Crippen LogP contribution in [-0.4, -0.2) is 19.8 Å². The largest absolute Gasteiger partial charge is 0.378 e. The number of benzene rings is 1. The Morgan fingerprint density at radius 3 is 3.08 bits per heavy atom. The zero-order chi connectivity index (χ0) is 9.10. The Morgan fingerprint density at radius 1 is 1.46 bits per heavy atom. The van der Waals surface area contributed by atoms with Crippen molar-refractivity contribution < 1.29 is 4.74 Å².